The average molecular weight is 449 g/mol. The lowest BCUT2D eigenvalue weighted by Gasteiger charge is -2.22. The molecule has 0 bridgehead atoms. The third-order valence-electron chi connectivity index (χ3n) is 4.05. The Labute approximate surface area is 173 Å². The van der Waals surface area contributed by atoms with Crippen molar-refractivity contribution in [3.63, 3.8) is 0 Å². The second-order valence-corrected chi connectivity index (χ2v) is 7.44. The molecule has 7 heteroatoms. The number of amides is 2. The fourth-order valence-corrected chi connectivity index (χ4v) is 2.89. The van der Waals surface area contributed by atoms with Crippen LogP contribution in [0.15, 0.2) is 53.0 Å². The molecule has 0 heterocycles. The zero-order valence-electron chi connectivity index (χ0n) is 16.2. The first kappa shape index (κ1) is 21.8. The smallest absolute Gasteiger partial charge is 0.251 e. The maximum absolute atomic E-state index is 12.5. The lowest BCUT2D eigenvalue weighted by molar-refractivity contribution is -0.124. The van der Waals surface area contributed by atoms with E-state index in [1.165, 1.54) is 0 Å². The first-order chi connectivity index (χ1) is 13.4. The van der Waals surface area contributed by atoms with Crippen molar-refractivity contribution in [2.24, 2.45) is 5.92 Å². The molecular formula is C21H25BrN2O4. The zero-order valence-corrected chi connectivity index (χ0v) is 17.8. The fraction of sp³-hybridized carbons (Fsp3) is 0.333. The van der Waals surface area contributed by atoms with Crippen molar-refractivity contribution in [1.82, 2.24) is 10.6 Å². The molecule has 1 unspecified atom stereocenters. The van der Waals surface area contributed by atoms with E-state index in [4.69, 9.17) is 9.47 Å². The van der Waals surface area contributed by atoms with Gasteiger partial charge in [-0.15, -0.1) is 0 Å². The maximum atomic E-state index is 12.5. The van der Waals surface area contributed by atoms with Gasteiger partial charge in [0, 0.05) is 10.0 Å². The van der Waals surface area contributed by atoms with Crippen LogP contribution in [0.2, 0.25) is 0 Å². The minimum atomic E-state index is -0.638. The number of nitrogens with one attached hydrogen (secondary N) is 2. The lowest BCUT2D eigenvalue weighted by atomic mass is 10.0. The van der Waals surface area contributed by atoms with Crippen molar-refractivity contribution in [3.8, 4) is 11.5 Å². The molecule has 2 amide bonds. The standard InChI is InChI=1S/C21H25BrN2O4/c1-14(2)19(24-20(25)15-7-9-17(27-3)10-8-15)21(26)23-11-12-28-18-6-4-5-16(22)13-18/h4-10,13-14,19H,11-12H2,1-3H3,(H,23,26)(H,24,25). The highest BCUT2D eigenvalue weighted by Crippen LogP contribution is 2.17. The van der Waals surface area contributed by atoms with Crippen LogP contribution in [0.3, 0.4) is 0 Å². The van der Waals surface area contributed by atoms with Crippen LogP contribution in [0, 0.1) is 5.92 Å². The summed E-state index contributed by atoms with van der Waals surface area (Å²) in [6.45, 7) is 4.44. The maximum Gasteiger partial charge on any atom is 0.251 e. The molecule has 0 aliphatic heterocycles. The molecule has 6 nitrogen and oxygen atoms in total. The van der Waals surface area contributed by atoms with Gasteiger partial charge < -0.3 is 20.1 Å². The van der Waals surface area contributed by atoms with Gasteiger partial charge in [0.15, 0.2) is 0 Å². The third-order valence-corrected chi connectivity index (χ3v) is 4.55. The number of carbonyl (C=O) groups excluding carboxylic acids is 2. The molecule has 0 spiro atoms. The van der Waals surface area contributed by atoms with E-state index < -0.39 is 6.04 Å². The van der Waals surface area contributed by atoms with Gasteiger partial charge in [0.05, 0.1) is 13.7 Å². The largest absolute Gasteiger partial charge is 0.497 e. The summed E-state index contributed by atoms with van der Waals surface area (Å²) >= 11 is 3.38. The normalized spacial score (nSPS) is 11.6. The first-order valence-corrected chi connectivity index (χ1v) is 9.81. The van der Waals surface area contributed by atoms with Gasteiger partial charge in [0.1, 0.15) is 24.1 Å². The number of methoxy groups -OCH3 is 1. The summed E-state index contributed by atoms with van der Waals surface area (Å²) in [4.78, 5) is 25.0. The Balaban J connectivity index is 1.85. The second kappa shape index (κ2) is 10.7. The number of benzene rings is 2. The van der Waals surface area contributed by atoms with Gasteiger partial charge >= 0.3 is 0 Å². The van der Waals surface area contributed by atoms with E-state index in [9.17, 15) is 9.59 Å². The number of hydrogen-bond donors (Lipinski definition) is 2. The molecule has 0 saturated heterocycles. The molecular weight excluding hydrogens is 424 g/mol. The zero-order chi connectivity index (χ0) is 20.5. The highest BCUT2D eigenvalue weighted by molar-refractivity contribution is 9.10. The lowest BCUT2D eigenvalue weighted by Crippen LogP contribution is -2.50. The van der Waals surface area contributed by atoms with Crippen molar-refractivity contribution in [1.29, 1.82) is 0 Å². The van der Waals surface area contributed by atoms with Crippen LogP contribution in [0.1, 0.15) is 24.2 Å². The van der Waals surface area contributed by atoms with Gasteiger partial charge in [0.2, 0.25) is 5.91 Å². The molecule has 150 valence electrons. The van der Waals surface area contributed by atoms with E-state index in [2.05, 4.69) is 26.6 Å². The van der Waals surface area contributed by atoms with E-state index in [1.54, 1.807) is 31.4 Å². The molecule has 0 aliphatic carbocycles. The summed E-state index contributed by atoms with van der Waals surface area (Å²) < 4.78 is 11.6. The van der Waals surface area contributed by atoms with Gasteiger partial charge in [-0.2, -0.15) is 0 Å². The van der Waals surface area contributed by atoms with Crippen molar-refractivity contribution in [2.45, 2.75) is 19.9 Å². The number of rotatable bonds is 9. The summed E-state index contributed by atoms with van der Waals surface area (Å²) in [6, 6.07) is 13.6. The predicted octanol–water partition coefficient (Wildman–Crippen LogP) is 3.41. The molecule has 0 radical (unpaired) electrons. The number of halogens is 1. The van der Waals surface area contributed by atoms with Crippen LogP contribution in [0.5, 0.6) is 11.5 Å². The minimum absolute atomic E-state index is 0.0619. The van der Waals surface area contributed by atoms with Crippen LogP contribution < -0.4 is 20.1 Å². The average Bonchev–Trinajstić information content (AvgIpc) is 2.69. The molecule has 2 N–H and O–H groups in total. The van der Waals surface area contributed by atoms with E-state index in [-0.39, 0.29) is 17.7 Å². The summed E-state index contributed by atoms with van der Waals surface area (Å²) in [5, 5.41) is 5.61. The summed E-state index contributed by atoms with van der Waals surface area (Å²) in [5.74, 6) is 0.779. The van der Waals surface area contributed by atoms with E-state index >= 15 is 0 Å². The van der Waals surface area contributed by atoms with Crippen molar-refractivity contribution >= 4 is 27.7 Å². The highest BCUT2D eigenvalue weighted by Gasteiger charge is 2.24. The van der Waals surface area contributed by atoms with Crippen LogP contribution in [0.4, 0.5) is 0 Å². The van der Waals surface area contributed by atoms with Gasteiger partial charge in [-0.1, -0.05) is 35.8 Å². The van der Waals surface area contributed by atoms with Crippen LogP contribution in [-0.2, 0) is 4.79 Å². The molecule has 0 aromatic heterocycles. The van der Waals surface area contributed by atoms with Gasteiger partial charge in [-0.3, -0.25) is 9.59 Å². The number of ether oxygens (including phenoxy) is 2. The third kappa shape index (κ3) is 6.56. The minimum Gasteiger partial charge on any atom is -0.497 e. The van der Waals surface area contributed by atoms with Gasteiger partial charge in [-0.25, -0.2) is 0 Å². The Morgan fingerprint density at radius 1 is 1.07 bits per heavy atom. The van der Waals surface area contributed by atoms with Crippen LogP contribution in [-0.4, -0.2) is 38.1 Å². The van der Waals surface area contributed by atoms with Gasteiger partial charge in [0.25, 0.3) is 5.91 Å². The summed E-state index contributed by atoms with van der Waals surface area (Å²) in [5.41, 5.74) is 0.470. The topological polar surface area (TPSA) is 76.7 Å². The van der Waals surface area contributed by atoms with Crippen LogP contribution >= 0.6 is 15.9 Å². The molecule has 0 aliphatic rings. The van der Waals surface area contributed by atoms with E-state index in [1.807, 2.05) is 38.1 Å². The van der Waals surface area contributed by atoms with E-state index in [0.717, 1.165) is 10.2 Å². The SMILES string of the molecule is COc1ccc(C(=O)NC(C(=O)NCCOc2cccc(Br)c2)C(C)C)cc1. The molecule has 2 aromatic carbocycles. The highest BCUT2D eigenvalue weighted by atomic mass is 79.9. The van der Waals surface area contributed by atoms with Crippen molar-refractivity contribution < 1.29 is 19.1 Å². The summed E-state index contributed by atoms with van der Waals surface area (Å²) in [7, 11) is 1.56. The molecule has 1 atom stereocenters. The first-order valence-electron chi connectivity index (χ1n) is 9.01. The Kier molecular flexibility index (Phi) is 8.32. The number of hydrogen-bond acceptors (Lipinski definition) is 4. The number of carbonyl (C=O) groups is 2. The Hall–Kier alpha value is -2.54. The molecule has 2 aromatic rings. The predicted molar refractivity (Wildman–Crippen MR) is 112 cm³/mol. The van der Waals surface area contributed by atoms with Gasteiger partial charge in [-0.05, 0) is 48.4 Å². The van der Waals surface area contributed by atoms with Crippen LogP contribution in [0.25, 0.3) is 0 Å². The Morgan fingerprint density at radius 3 is 2.39 bits per heavy atom. The second-order valence-electron chi connectivity index (χ2n) is 6.52. The summed E-state index contributed by atoms with van der Waals surface area (Å²) in [6.07, 6.45) is 0. The molecule has 0 saturated carbocycles. The van der Waals surface area contributed by atoms with Crippen molar-refractivity contribution in [2.75, 3.05) is 20.3 Å². The quantitative estimate of drug-likeness (QED) is 0.576. The molecule has 0 fully saturated rings. The Bertz CT molecular complexity index is 793. The molecule has 28 heavy (non-hydrogen) atoms. The molecule has 2 rings (SSSR count). The Morgan fingerprint density at radius 2 is 1.79 bits per heavy atom. The van der Waals surface area contributed by atoms with Crippen molar-refractivity contribution in [3.05, 3.63) is 58.6 Å². The van der Waals surface area contributed by atoms with E-state index in [0.29, 0.717) is 24.5 Å². The monoisotopic (exact) mass is 448 g/mol. The fourth-order valence-electron chi connectivity index (χ4n) is 2.51.